The first-order chi connectivity index (χ1) is 24.8. The van der Waals surface area contributed by atoms with Crippen LogP contribution in [0.25, 0.3) is 54.6 Å². The number of rotatable bonds is 5. The van der Waals surface area contributed by atoms with Crippen LogP contribution in [-0.4, -0.2) is 0 Å². The summed E-state index contributed by atoms with van der Waals surface area (Å²) >= 11 is 0. The largest absolute Gasteiger partial charge is 0.355 e. The van der Waals surface area contributed by atoms with E-state index in [0.29, 0.717) is 0 Å². The summed E-state index contributed by atoms with van der Waals surface area (Å²) in [5, 5.41) is 11.3. The molecule has 0 bridgehead atoms. The zero-order chi connectivity index (χ0) is 33.1. The van der Waals surface area contributed by atoms with Crippen LogP contribution in [-0.2, 0) is 5.41 Å². The third kappa shape index (κ3) is 4.34. The molecule has 1 aliphatic carbocycles. The Hall–Kier alpha value is -6.44. The minimum absolute atomic E-state index is 0.426. The van der Waals surface area contributed by atoms with Crippen LogP contribution in [0.3, 0.4) is 0 Å². The molecular formula is C49H33N. The van der Waals surface area contributed by atoms with Gasteiger partial charge in [0.1, 0.15) is 0 Å². The molecule has 0 saturated heterocycles. The van der Waals surface area contributed by atoms with Gasteiger partial charge in [-0.05, 0) is 113 Å². The maximum atomic E-state index is 3.81. The van der Waals surface area contributed by atoms with Gasteiger partial charge in [0.05, 0.1) is 5.41 Å². The van der Waals surface area contributed by atoms with Crippen molar-refractivity contribution in [3.63, 3.8) is 0 Å². The van der Waals surface area contributed by atoms with Crippen LogP contribution in [0.5, 0.6) is 0 Å². The fraction of sp³-hybridized carbons (Fsp3) is 0.0204. The summed E-state index contributed by atoms with van der Waals surface area (Å²) in [4.78, 5) is 0. The fourth-order valence-corrected chi connectivity index (χ4v) is 8.48. The van der Waals surface area contributed by atoms with Crippen LogP contribution in [0.4, 0.5) is 11.4 Å². The van der Waals surface area contributed by atoms with E-state index in [9.17, 15) is 0 Å². The SMILES string of the molecule is c1ccc(C2(c3cccc(Nc4ccc5cc(-c6ccc7ccccc7c6)c6ccccc6c5c4)c3)c3ccccc3-c3ccccc32)cc1. The minimum Gasteiger partial charge on any atom is -0.355 e. The molecule has 0 amide bonds. The molecule has 0 aliphatic heterocycles. The Kier molecular flexibility index (Phi) is 6.47. The Bertz CT molecular complexity index is 2690. The van der Waals surface area contributed by atoms with Gasteiger partial charge in [-0.2, -0.15) is 0 Å². The van der Waals surface area contributed by atoms with Gasteiger partial charge < -0.3 is 5.32 Å². The lowest BCUT2D eigenvalue weighted by Gasteiger charge is -2.34. The highest BCUT2D eigenvalue weighted by Gasteiger charge is 2.45. The molecule has 234 valence electrons. The van der Waals surface area contributed by atoms with Gasteiger partial charge in [-0.3, -0.25) is 0 Å². The van der Waals surface area contributed by atoms with Crippen LogP contribution in [0, 0.1) is 0 Å². The van der Waals surface area contributed by atoms with Crippen LogP contribution in [0.15, 0.2) is 194 Å². The Labute approximate surface area is 292 Å². The van der Waals surface area contributed by atoms with Crippen LogP contribution in [0.2, 0.25) is 0 Å². The average Bonchev–Trinajstić information content (AvgIpc) is 3.49. The van der Waals surface area contributed by atoms with E-state index < -0.39 is 5.41 Å². The number of nitrogens with one attached hydrogen (secondary N) is 1. The second-order valence-corrected chi connectivity index (χ2v) is 13.4. The molecule has 0 spiro atoms. The van der Waals surface area contributed by atoms with E-state index in [1.807, 2.05) is 0 Å². The first-order valence-corrected chi connectivity index (χ1v) is 17.3. The molecule has 9 aromatic carbocycles. The molecule has 0 heterocycles. The van der Waals surface area contributed by atoms with Crippen molar-refractivity contribution in [1.29, 1.82) is 0 Å². The second-order valence-electron chi connectivity index (χ2n) is 13.4. The van der Waals surface area contributed by atoms with Gasteiger partial charge in [-0.1, -0.05) is 158 Å². The zero-order valence-electron chi connectivity index (χ0n) is 27.5. The molecule has 0 unspecified atom stereocenters. The van der Waals surface area contributed by atoms with Crippen molar-refractivity contribution in [3.8, 4) is 22.3 Å². The number of fused-ring (bicyclic) bond motifs is 7. The van der Waals surface area contributed by atoms with Crippen molar-refractivity contribution in [1.82, 2.24) is 0 Å². The molecule has 1 heteroatoms. The molecular weight excluding hydrogens is 603 g/mol. The number of hydrogen-bond acceptors (Lipinski definition) is 1. The zero-order valence-corrected chi connectivity index (χ0v) is 27.5. The average molecular weight is 636 g/mol. The van der Waals surface area contributed by atoms with Crippen molar-refractivity contribution in [3.05, 3.63) is 216 Å². The monoisotopic (exact) mass is 635 g/mol. The standard InChI is InChI=1S/C49H33N/c1-2-15-37(16-3-1)49(47-23-10-8-21-43(47)44-22-9-11-24-48(44)49)38-17-12-18-39(31-38)50-40-28-27-36-30-45(41-19-6-7-20-42(41)46(36)32-40)35-26-25-33-13-4-5-14-34(33)29-35/h1-32,50H. The molecule has 9 aromatic rings. The first-order valence-electron chi connectivity index (χ1n) is 17.3. The number of hydrogen-bond donors (Lipinski definition) is 1. The minimum atomic E-state index is -0.426. The van der Waals surface area contributed by atoms with Crippen LogP contribution >= 0.6 is 0 Å². The lowest BCUT2D eigenvalue weighted by atomic mass is 9.67. The van der Waals surface area contributed by atoms with E-state index in [1.165, 1.54) is 76.8 Å². The van der Waals surface area contributed by atoms with E-state index in [4.69, 9.17) is 0 Å². The first kappa shape index (κ1) is 28.6. The van der Waals surface area contributed by atoms with Crippen LogP contribution in [0.1, 0.15) is 22.3 Å². The topological polar surface area (TPSA) is 12.0 Å². The smallest absolute Gasteiger partial charge is 0.0714 e. The van der Waals surface area contributed by atoms with Gasteiger partial charge in [-0.15, -0.1) is 0 Å². The normalized spacial score (nSPS) is 13.0. The molecule has 0 atom stereocenters. The number of benzene rings is 9. The summed E-state index contributed by atoms with van der Waals surface area (Å²) < 4.78 is 0. The fourth-order valence-electron chi connectivity index (χ4n) is 8.48. The highest BCUT2D eigenvalue weighted by Crippen LogP contribution is 2.56. The molecule has 1 N–H and O–H groups in total. The molecule has 0 saturated carbocycles. The third-order valence-corrected chi connectivity index (χ3v) is 10.7. The Morgan fingerprint density at radius 3 is 1.74 bits per heavy atom. The lowest BCUT2D eigenvalue weighted by molar-refractivity contribution is 0.769. The van der Waals surface area contributed by atoms with E-state index in [2.05, 4.69) is 199 Å². The molecule has 1 nitrogen and oxygen atoms in total. The van der Waals surface area contributed by atoms with E-state index in [1.54, 1.807) is 0 Å². The molecule has 0 aromatic heterocycles. The summed E-state index contributed by atoms with van der Waals surface area (Å²) in [6.07, 6.45) is 0. The Morgan fingerprint density at radius 2 is 0.940 bits per heavy atom. The molecule has 0 radical (unpaired) electrons. The van der Waals surface area contributed by atoms with Gasteiger partial charge in [0, 0.05) is 11.4 Å². The predicted molar refractivity (Wildman–Crippen MR) is 211 cm³/mol. The Balaban J connectivity index is 1.09. The van der Waals surface area contributed by atoms with Crippen molar-refractivity contribution >= 4 is 43.7 Å². The van der Waals surface area contributed by atoms with Gasteiger partial charge in [0.25, 0.3) is 0 Å². The van der Waals surface area contributed by atoms with Crippen molar-refractivity contribution in [2.45, 2.75) is 5.41 Å². The van der Waals surface area contributed by atoms with Crippen molar-refractivity contribution in [2.75, 3.05) is 5.32 Å². The summed E-state index contributed by atoms with van der Waals surface area (Å²) in [5.74, 6) is 0. The highest BCUT2D eigenvalue weighted by molar-refractivity contribution is 6.15. The predicted octanol–water partition coefficient (Wildman–Crippen LogP) is 12.9. The molecule has 0 fully saturated rings. The van der Waals surface area contributed by atoms with E-state index in [0.717, 1.165) is 11.4 Å². The molecule has 1 aliphatic rings. The van der Waals surface area contributed by atoms with Crippen LogP contribution < -0.4 is 5.32 Å². The molecule has 10 rings (SSSR count). The summed E-state index contributed by atoms with van der Waals surface area (Å²) in [6, 6.07) is 71.1. The highest BCUT2D eigenvalue weighted by atomic mass is 14.9. The number of anilines is 2. The van der Waals surface area contributed by atoms with Crippen molar-refractivity contribution < 1.29 is 0 Å². The summed E-state index contributed by atoms with van der Waals surface area (Å²) in [5.41, 5.74) is 12.0. The summed E-state index contributed by atoms with van der Waals surface area (Å²) in [7, 11) is 0. The third-order valence-electron chi connectivity index (χ3n) is 10.7. The quantitative estimate of drug-likeness (QED) is 0.186. The Morgan fingerprint density at radius 1 is 0.320 bits per heavy atom. The maximum Gasteiger partial charge on any atom is 0.0714 e. The maximum absolute atomic E-state index is 3.81. The lowest BCUT2D eigenvalue weighted by Crippen LogP contribution is -2.28. The van der Waals surface area contributed by atoms with Gasteiger partial charge in [-0.25, -0.2) is 0 Å². The summed E-state index contributed by atoms with van der Waals surface area (Å²) in [6.45, 7) is 0. The van der Waals surface area contributed by atoms with E-state index >= 15 is 0 Å². The van der Waals surface area contributed by atoms with Gasteiger partial charge >= 0.3 is 0 Å². The molecule has 50 heavy (non-hydrogen) atoms. The van der Waals surface area contributed by atoms with Gasteiger partial charge in [0.15, 0.2) is 0 Å². The van der Waals surface area contributed by atoms with Gasteiger partial charge in [0.2, 0.25) is 0 Å². The second kappa shape index (κ2) is 11.3. The van der Waals surface area contributed by atoms with E-state index in [-0.39, 0.29) is 0 Å². The van der Waals surface area contributed by atoms with Crippen molar-refractivity contribution in [2.24, 2.45) is 0 Å².